The van der Waals surface area contributed by atoms with Crippen LogP contribution in [-0.2, 0) is 4.79 Å². The molecule has 3 aromatic rings. The summed E-state index contributed by atoms with van der Waals surface area (Å²) < 4.78 is 1.72. The molecule has 0 spiro atoms. The monoisotopic (exact) mass is 363 g/mol. The minimum absolute atomic E-state index is 0.0754. The van der Waals surface area contributed by atoms with Crippen molar-refractivity contribution in [3.05, 3.63) is 48.5 Å². The summed E-state index contributed by atoms with van der Waals surface area (Å²) in [7, 11) is 0. The number of carbonyl (C=O) groups excluding carboxylic acids is 2. The van der Waals surface area contributed by atoms with Crippen molar-refractivity contribution in [1.29, 1.82) is 0 Å². The average Bonchev–Trinajstić information content (AvgIpc) is 3.19. The Morgan fingerprint density at radius 1 is 1.30 bits per heavy atom. The first-order chi connectivity index (χ1) is 12.9. The number of hydrogen-bond donors (Lipinski definition) is 2. The molecule has 1 amide bonds. The van der Waals surface area contributed by atoms with E-state index in [2.05, 4.69) is 15.4 Å². The molecule has 1 atom stereocenters. The number of aromatic nitrogens is 3. The Kier molecular flexibility index (Phi) is 3.95. The number of primary amides is 1. The second-order valence-electron chi connectivity index (χ2n) is 7.47. The maximum Gasteiger partial charge on any atom is 0.252 e. The van der Waals surface area contributed by atoms with Gasteiger partial charge in [0.1, 0.15) is 5.78 Å². The third-order valence-corrected chi connectivity index (χ3v) is 5.48. The number of ketones is 1. The molecule has 1 aliphatic rings. The topological polar surface area (TPSA) is 102 Å². The largest absolute Gasteiger partial charge is 0.379 e. The molecule has 3 heterocycles. The van der Waals surface area contributed by atoms with Gasteiger partial charge < -0.3 is 11.1 Å². The summed E-state index contributed by atoms with van der Waals surface area (Å²) >= 11 is 0. The third-order valence-electron chi connectivity index (χ3n) is 5.48. The molecule has 1 fully saturated rings. The number of nitrogens with one attached hydrogen (secondary N) is 1. The van der Waals surface area contributed by atoms with Crippen LogP contribution in [0.3, 0.4) is 0 Å². The van der Waals surface area contributed by atoms with Crippen LogP contribution in [0.2, 0.25) is 0 Å². The highest BCUT2D eigenvalue weighted by molar-refractivity contribution is 6.02. The molecule has 0 radical (unpaired) electrons. The smallest absolute Gasteiger partial charge is 0.252 e. The van der Waals surface area contributed by atoms with Gasteiger partial charge in [-0.05, 0) is 30.2 Å². The number of Topliss-reactive ketones (excluding diaryl/α,β-unsaturated/α-hetero) is 1. The lowest BCUT2D eigenvalue weighted by molar-refractivity contribution is -0.124. The van der Waals surface area contributed by atoms with Gasteiger partial charge in [-0.15, -0.1) is 0 Å². The van der Waals surface area contributed by atoms with Crippen molar-refractivity contribution in [2.45, 2.75) is 32.7 Å². The van der Waals surface area contributed by atoms with E-state index in [4.69, 9.17) is 5.73 Å². The van der Waals surface area contributed by atoms with Crippen LogP contribution in [0.25, 0.3) is 16.6 Å². The molecule has 0 aliphatic heterocycles. The fourth-order valence-electron chi connectivity index (χ4n) is 3.68. The maximum atomic E-state index is 12.2. The second-order valence-corrected chi connectivity index (χ2v) is 7.47. The highest BCUT2D eigenvalue weighted by Gasteiger charge is 2.42. The van der Waals surface area contributed by atoms with Crippen molar-refractivity contribution in [2.24, 2.45) is 11.1 Å². The number of nitrogens with zero attached hydrogens (tertiary/aromatic N) is 3. The number of rotatable bonds is 4. The number of fused-ring (bicyclic) bond motifs is 1. The summed E-state index contributed by atoms with van der Waals surface area (Å²) in [5, 5.41) is 7.75. The lowest BCUT2D eigenvalue weighted by Gasteiger charge is -2.28. The summed E-state index contributed by atoms with van der Waals surface area (Å²) in [6.07, 6.45) is 8.07. The molecule has 7 heteroatoms. The zero-order chi connectivity index (χ0) is 19.2. The van der Waals surface area contributed by atoms with Crippen molar-refractivity contribution in [1.82, 2.24) is 14.6 Å². The molecule has 1 saturated carbocycles. The predicted molar refractivity (Wildman–Crippen MR) is 102 cm³/mol. The predicted octanol–water partition coefficient (Wildman–Crippen LogP) is 2.66. The number of hydrogen-bond acceptors (Lipinski definition) is 5. The van der Waals surface area contributed by atoms with Crippen molar-refractivity contribution in [2.75, 3.05) is 5.32 Å². The van der Waals surface area contributed by atoms with Crippen LogP contribution in [0.5, 0.6) is 0 Å². The molecule has 1 unspecified atom stereocenters. The number of pyridine rings is 1. The normalized spacial score (nSPS) is 18.7. The molecule has 0 saturated heterocycles. The van der Waals surface area contributed by atoms with E-state index < -0.39 is 11.3 Å². The van der Waals surface area contributed by atoms with E-state index in [9.17, 15) is 9.59 Å². The molecule has 0 bridgehead atoms. The van der Waals surface area contributed by atoms with Crippen LogP contribution in [0.4, 0.5) is 5.69 Å². The van der Waals surface area contributed by atoms with Crippen LogP contribution in [0.1, 0.15) is 37.0 Å². The first kappa shape index (κ1) is 17.2. The average molecular weight is 363 g/mol. The molecule has 27 heavy (non-hydrogen) atoms. The summed E-state index contributed by atoms with van der Waals surface area (Å²) in [6, 6.07) is 5.71. The van der Waals surface area contributed by atoms with Crippen molar-refractivity contribution >= 4 is 22.9 Å². The van der Waals surface area contributed by atoms with Crippen LogP contribution in [-0.4, -0.2) is 32.3 Å². The molecule has 0 aromatic carbocycles. The highest BCUT2D eigenvalue weighted by Crippen LogP contribution is 2.38. The van der Waals surface area contributed by atoms with Gasteiger partial charge in [-0.3, -0.25) is 14.6 Å². The summed E-state index contributed by atoms with van der Waals surface area (Å²) in [5.41, 5.74) is 8.72. The van der Waals surface area contributed by atoms with Crippen molar-refractivity contribution in [3.8, 4) is 11.1 Å². The van der Waals surface area contributed by atoms with E-state index in [1.807, 2.05) is 38.2 Å². The van der Waals surface area contributed by atoms with Crippen molar-refractivity contribution in [3.63, 3.8) is 0 Å². The number of carbonyl (C=O) groups is 2. The fourth-order valence-corrected chi connectivity index (χ4v) is 3.68. The molecule has 3 N–H and O–H groups in total. The van der Waals surface area contributed by atoms with E-state index in [1.54, 1.807) is 16.9 Å². The molecule has 1 aliphatic carbocycles. The molecular formula is C20H21N5O2. The third kappa shape index (κ3) is 2.85. The van der Waals surface area contributed by atoms with Crippen molar-refractivity contribution < 1.29 is 9.59 Å². The molecule has 7 nitrogen and oxygen atoms in total. The highest BCUT2D eigenvalue weighted by atomic mass is 16.1. The Morgan fingerprint density at radius 2 is 2.04 bits per heavy atom. The summed E-state index contributed by atoms with van der Waals surface area (Å²) in [6.45, 7) is 3.87. The van der Waals surface area contributed by atoms with Gasteiger partial charge in [-0.25, -0.2) is 4.52 Å². The van der Waals surface area contributed by atoms with Gasteiger partial charge in [0.25, 0.3) is 5.91 Å². The summed E-state index contributed by atoms with van der Waals surface area (Å²) in [5.74, 6) is -0.333. The first-order valence-electron chi connectivity index (χ1n) is 8.89. The SMILES string of the molecule is CC1(C)C(=O)CCC1Nc1c(C(N)=O)cnn2cc(-c3ccncc3)cc12. The van der Waals surface area contributed by atoms with Crippen LogP contribution in [0, 0.1) is 5.41 Å². The number of amides is 1. The van der Waals surface area contributed by atoms with Crippen LogP contribution < -0.4 is 11.1 Å². The molecular weight excluding hydrogens is 342 g/mol. The van der Waals surface area contributed by atoms with E-state index >= 15 is 0 Å². The number of nitrogens with two attached hydrogens (primary N) is 1. The second kappa shape index (κ2) is 6.19. The van der Waals surface area contributed by atoms with Gasteiger partial charge in [0.05, 0.1) is 23.0 Å². The van der Waals surface area contributed by atoms with E-state index in [1.165, 1.54) is 6.20 Å². The molecule has 4 rings (SSSR count). The Hall–Kier alpha value is -3.22. The zero-order valence-electron chi connectivity index (χ0n) is 15.3. The Labute approximate surface area is 156 Å². The number of anilines is 1. The molecule has 3 aromatic heterocycles. The van der Waals surface area contributed by atoms with Crippen LogP contribution in [0.15, 0.2) is 43.0 Å². The lowest BCUT2D eigenvalue weighted by atomic mass is 9.86. The van der Waals surface area contributed by atoms with Gasteiger partial charge in [-0.2, -0.15) is 5.10 Å². The van der Waals surface area contributed by atoms with Gasteiger partial charge in [-0.1, -0.05) is 13.8 Å². The molecule has 138 valence electrons. The minimum Gasteiger partial charge on any atom is -0.379 e. The zero-order valence-corrected chi connectivity index (χ0v) is 15.3. The van der Waals surface area contributed by atoms with Gasteiger partial charge in [0.15, 0.2) is 0 Å². The Bertz CT molecular complexity index is 1040. The quantitative estimate of drug-likeness (QED) is 0.742. The van der Waals surface area contributed by atoms with Gasteiger partial charge in [0, 0.05) is 42.0 Å². The van der Waals surface area contributed by atoms with E-state index in [-0.39, 0.29) is 11.8 Å². The van der Waals surface area contributed by atoms with Gasteiger partial charge in [0.2, 0.25) is 0 Å². The van der Waals surface area contributed by atoms with Crippen LogP contribution >= 0.6 is 0 Å². The maximum absolute atomic E-state index is 12.2. The van der Waals surface area contributed by atoms with E-state index in [0.29, 0.717) is 17.7 Å². The van der Waals surface area contributed by atoms with Gasteiger partial charge >= 0.3 is 0 Å². The van der Waals surface area contributed by atoms with E-state index in [0.717, 1.165) is 23.1 Å². The lowest BCUT2D eigenvalue weighted by Crippen LogP contribution is -2.36. The fraction of sp³-hybridized carbons (Fsp3) is 0.300. The Balaban J connectivity index is 1.84. The first-order valence-corrected chi connectivity index (χ1v) is 8.89. The summed E-state index contributed by atoms with van der Waals surface area (Å²) in [4.78, 5) is 28.3. The Morgan fingerprint density at radius 3 is 2.67 bits per heavy atom. The minimum atomic E-state index is -0.554. The standard InChI is InChI=1S/C20H21N5O2/c1-20(2)16(3-4-17(20)26)24-18-14(19(21)27)10-23-25-11-13(9-15(18)25)12-5-7-22-8-6-12/h5-11,16,24H,3-4H2,1-2H3,(H2,21,27).